The van der Waals surface area contributed by atoms with Crippen molar-refractivity contribution in [2.75, 3.05) is 19.0 Å². The van der Waals surface area contributed by atoms with Crippen LogP contribution in [0.4, 0.5) is 5.69 Å². The zero-order valence-electron chi connectivity index (χ0n) is 7.65. The number of rotatable bonds is 2. The van der Waals surface area contributed by atoms with Crippen molar-refractivity contribution < 1.29 is 0 Å². The highest BCUT2D eigenvalue weighted by Crippen LogP contribution is 2.34. The Morgan fingerprint density at radius 2 is 1.92 bits per heavy atom. The molecule has 0 atom stereocenters. The summed E-state index contributed by atoms with van der Waals surface area (Å²) in [7, 11) is 4.16. The van der Waals surface area contributed by atoms with E-state index in [1.807, 2.05) is 0 Å². The summed E-state index contributed by atoms with van der Waals surface area (Å²) in [5.74, 6) is 0. The molecular weight excluding hydrogens is 198 g/mol. The van der Waals surface area contributed by atoms with Crippen molar-refractivity contribution in [2.45, 2.75) is 0 Å². The highest BCUT2D eigenvalue weighted by atomic mass is 32.1. The zero-order chi connectivity index (χ0) is 9.26. The smallest absolute Gasteiger partial charge is 0.0549 e. The van der Waals surface area contributed by atoms with Gasteiger partial charge >= 0.3 is 0 Å². The molecule has 0 saturated carbocycles. The standard InChI is InChI=1S/C10H11NS2/c1-11(2)10-7-13-6-9(10)8-3-4-12-5-8/h3-7H,1-2H3. The van der Waals surface area contributed by atoms with Gasteiger partial charge in [-0.25, -0.2) is 0 Å². The predicted molar refractivity (Wildman–Crippen MR) is 62.0 cm³/mol. The Balaban J connectivity index is 2.46. The van der Waals surface area contributed by atoms with Crippen LogP contribution in [0.1, 0.15) is 0 Å². The van der Waals surface area contributed by atoms with Gasteiger partial charge in [-0.2, -0.15) is 11.3 Å². The molecule has 0 aliphatic heterocycles. The highest BCUT2D eigenvalue weighted by Gasteiger charge is 2.07. The summed E-state index contributed by atoms with van der Waals surface area (Å²) in [6.45, 7) is 0. The number of anilines is 1. The molecular formula is C10H11NS2. The summed E-state index contributed by atoms with van der Waals surface area (Å²) in [5.41, 5.74) is 3.98. The molecule has 2 rings (SSSR count). The van der Waals surface area contributed by atoms with Crippen LogP contribution >= 0.6 is 22.7 Å². The minimum atomic E-state index is 1.31. The summed E-state index contributed by atoms with van der Waals surface area (Å²) >= 11 is 3.50. The van der Waals surface area contributed by atoms with Gasteiger partial charge in [0.1, 0.15) is 0 Å². The normalized spacial score (nSPS) is 10.3. The van der Waals surface area contributed by atoms with E-state index in [-0.39, 0.29) is 0 Å². The first-order valence-corrected chi connectivity index (χ1v) is 5.93. The fourth-order valence-corrected chi connectivity index (χ4v) is 2.85. The third-order valence-corrected chi connectivity index (χ3v) is 3.37. The van der Waals surface area contributed by atoms with E-state index < -0.39 is 0 Å². The van der Waals surface area contributed by atoms with Crippen LogP contribution < -0.4 is 4.90 Å². The lowest BCUT2D eigenvalue weighted by Crippen LogP contribution is -2.08. The maximum Gasteiger partial charge on any atom is 0.0549 e. The van der Waals surface area contributed by atoms with E-state index in [2.05, 4.69) is 46.6 Å². The lowest BCUT2D eigenvalue weighted by Gasteiger charge is -2.12. The van der Waals surface area contributed by atoms with Gasteiger partial charge in [0.15, 0.2) is 0 Å². The van der Waals surface area contributed by atoms with Crippen molar-refractivity contribution in [1.29, 1.82) is 0 Å². The molecule has 1 nitrogen and oxygen atoms in total. The van der Waals surface area contributed by atoms with Gasteiger partial charge in [-0.15, -0.1) is 11.3 Å². The molecule has 2 heterocycles. The van der Waals surface area contributed by atoms with Crippen molar-refractivity contribution in [2.24, 2.45) is 0 Å². The molecule has 0 unspecified atom stereocenters. The Labute approximate surface area is 86.3 Å². The molecule has 68 valence electrons. The molecule has 0 amide bonds. The fourth-order valence-electron chi connectivity index (χ4n) is 1.27. The van der Waals surface area contributed by atoms with Gasteiger partial charge in [-0.1, -0.05) is 0 Å². The van der Waals surface area contributed by atoms with E-state index in [0.29, 0.717) is 0 Å². The fraction of sp³-hybridized carbons (Fsp3) is 0.200. The minimum Gasteiger partial charge on any atom is -0.376 e. The van der Waals surface area contributed by atoms with E-state index in [9.17, 15) is 0 Å². The molecule has 0 spiro atoms. The van der Waals surface area contributed by atoms with E-state index in [1.54, 1.807) is 22.7 Å². The van der Waals surface area contributed by atoms with Crippen LogP contribution in [-0.2, 0) is 0 Å². The van der Waals surface area contributed by atoms with Crippen molar-refractivity contribution >= 4 is 28.4 Å². The van der Waals surface area contributed by atoms with Gasteiger partial charge < -0.3 is 4.90 Å². The second-order valence-corrected chi connectivity index (χ2v) is 4.60. The molecule has 0 N–H and O–H groups in total. The monoisotopic (exact) mass is 209 g/mol. The maximum absolute atomic E-state index is 2.21. The van der Waals surface area contributed by atoms with Gasteiger partial charge in [0.05, 0.1) is 5.69 Å². The Hall–Kier alpha value is -0.800. The second kappa shape index (κ2) is 3.52. The molecule has 0 aliphatic carbocycles. The van der Waals surface area contributed by atoms with Crippen LogP contribution in [0, 0.1) is 0 Å². The Bertz CT molecular complexity index is 373. The number of hydrogen-bond acceptors (Lipinski definition) is 3. The average Bonchev–Trinajstić information content (AvgIpc) is 2.74. The Morgan fingerprint density at radius 1 is 1.08 bits per heavy atom. The van der Waals surface area contributed by atoms with Gasteiger partial charge in [-0.3, -0.25) is 0 Å². The lowest BCUT2D eigenvalue weighted by atomic mass is 10.1. The highest BCUT2D eigenvalue weighted by molar-refractivity contribution is 7.09. The SMILES string of the molecule is CN(C)c1cscc1-c1ccsc1. The van der Waals surface area contributed by atoms with E-state index in [4.69, 9.17) is 0 Å². The van der Waals surface area contributed by atoms with Gasteiger partial charge in [0.25, 0.3) is 0 Å². The van der Waals surface area contributed by atoms with Crippen molar-refractivity contribution in [3.05, 3.63) is 27.6 Å². The maximum atomic E-state index is 2.21. The summed E-state index contributed by atoms with van der Waals surface area (Å²) < 4.78 is 0. The third kappa shape index (κ3) is 1.62. The van der Waals surface area contributed by atoms with Crippen molar-refractivity contribution in [3.8, 4) is 11.1 Å². The predicted octanol–water partition coefficient (Wildman–Crippen LogP) is 3.54. The molecule has 2 aromatic rings. The second-order valence-electron chi connectivity index (χ2n) is 3.08. The van der Waals surface area contributed by atoms with Crippen LogP contribution in [0.25, 0.3) is 11.1 Å². The van der Waals surface area contributed by atoms with Crippen molar-refractivity contribution in [3.63, 3.8) is 0 Å². The summed E-state index contributed by atoms with van der Waals surface area (Å²) in [4.78, 5) is 2.16. The molecule has 13 heavy (non-hydrogen) atoms. The van der Waals surface area contributed by atoms with Gasteiger partial charge in [0.2, 0.25) is 0 Å². The molecule has 0 aromatic carbocycles. The first-order valence-electron chi connectivity index (χ1n) is 4.05. The zero-order valence-corrected chi connectivity index (χ0v) is 9.28. The van der Waals surface area contributed by atoms with E-state index >= 15 is 0 Å². The Kier molecular flexibility index (Phi) is 2.38. The molecule has 0 radical (unpaired) electrons. The molecule has 2 aromatic heterocycles. The summed E-state index contributed by atoms with van der Waals surface area (Å²) in [5, 5.41) is 8.70. The number of thiophene rings is 2. The molecule has 0 bridgehead atoms. The molecule has 0 saturated heterocycles. The van der Waals surface area contributed by atoms with Crippen LogP contribution in [-0.4, -0.2) is 14.1 Å². The van der Waals surface area contributed by atoms with Gasteiger partial charge in [-0.05, 0) is 22.4 Å². The quantitative estimate of drug-likeness (QED) is 0.731. The largest absolute Gasteiger partial charge is 0.376 e. The van der Waals surface area contributed by atoms with E-state index in [1.165, 1.54) is 16.8 Å². The van der Waals surface area contributed by atoms with Crippen LogP contribution in [0.3, 0.4) is 0 Å². The number of hydrogen-bond donors (Lipinski definition) is 0. The van der Waals surface area contributed by atoms with Crippen LogP contribution in [0.15, 0.2) is 27.6 Å². The topological polar surface area (TPSA) is 3.24 Å². The Morgan fingerprint density at radius 3 is 2.54 bits per heavy atom. The number of nitrogens with zero attached hydrogens (tertiary/aromatic N) is 1. The van der Waals surface area contributed by atoms with Crippen molar-refractivity contribution in [1.82, 2.24) is 0 Å². The van der Waals surface area contributed by atoms with Gasteiger partial charge in [0, 0.05) is 30.4 Å². The first kappa shape index (κ1) is 8.78. The van der Waals surface area contributed by atoms with Crippen LogP contribution in [0.2, 0.25) is 0 Å². The van der Waals surface area contributed by atoms with E-state index in [0.717, 1.165) is 0 Å². The summed E-state index contributed by atoms with van der Waals surface area (Å²) in [6.07, 6.45) is 0. The molecule has 3 heteroatoms. The van der Waals surface area contributed by atoms with Crippen LogP contribution in [0.5, 0.6) is 0 Å². The lowest BCUT2D eigenvalue weighted by molar-refractivity contribution is 1.14. The first-order chi connectivity index (χ1) is 6.29. The third-order valence-electron chi connectivity index (χ3n) is 1.96. The molecule has 0 fully saturated rings. The molecule has 0 aliphatic rings. The summed E-state index contributed by atoms with van der Waals surface area (Å²) in [6, 6.07) is 2.17. The average molecular weight is 209 g/mol. The minimum absolute atomic E-state index is 1.31.